The lowest BCUT2D eigenvalue weighted by Gasteiger charge is -2.13. The molecule has 1 aliphatic carbocycles. The van der Waals surface area contributed by atoms with Gasteiger partial charge in [0.2, 0.25) is 0 Å². The van der Waals surface area contributed by atoms with Crippen molar-refractivity contribution in [3.05, 3.63) is 59.1 Å². The Kier molecular flexibility index (Phi) is 6.00. The van der Waals surface area contributed by atoms with Crippen molar-refractivity contribution < 1.29 is 4.79 Å². The van der Waals surface area contributed by atoms with E-state index in [4.69, 9.17) is 0 Å². The van der Waals surface area contributed by atoms with Gasteiger partial charge in [0, 0.05) is 18.3 Å². The Labute approximate surface area is 155 Å². The predicted octanol–water partition coefficient (Wildman–Crippen LogP) is 4.65. The van der Waals surface area contributed by atoms with E-state index in [2.05, 4.69) is 26.7 Å². The zero-order valence-corrected chi connectivity index (χ0v) is 15.5. The number of carbonyl (C=O) groups excluding carboxylic acids is 1. The first-order chi connectivity index (χ1) is 12.6. The fourth-order valence-corrected chi connectivity index (χ4v) is 3.25. The third-order valence-electron chi connectivity index (χ3n) is 4.76. The lowest BCUT2D eigenvalue weighted by molar-refractivity contribution is 0.102. The number of nitrogens with one attached hydrogen (secondary N) is 2. The number of aryl methyl sites for hydroxylation is 2. The molecular weight excluding hydrogens is 324 g/mol. The van der Waals surface area contributed by atoms with E-state index in [0.29, 0.717) is 11.5 Å². The van der Waals surface area contributed by atoms with Gasteiger partial charge in [-0.2, -0.15) is 0 Å². The second-order valence-corrected chi connectivity index (χ2v) is 6.79. The molecule has 0 saturated heterocycles. The van der Waals surface area contributed by atoms with Crippen LogP contribution in [0.3, 0.4) is 0 Å². The number of hydrogen-bond acceptors (Lipinski definition) is 4. The Bertz CT molecular complexity index is 793. The summed E-state index contributed by atoms with van der Waals surface area (Å²) in [7, 11) is 0. The van der Waals surface area contributed by atoms with Crippen LogP contribution < -0.4 is 10.6 Å². The third kappa shape index (κ3) is 4.69. The van der Waals surface area contributed by atoms with Gasteiger partial charge < -0.3 is 10.6 Å². The molecule has 3 rings (SSSR count). The van der Waals surface area contributed by atoms with Crippen molar-refractivity contribution >= 4 is 17.4 Å². The zero-order chi connectivity index (χ0) is 18.4. The number of hydrogen-bond donors (Lipinski definition) is 2. The van der Waals surface area contributed by atoms with Gasteiger partial charge in [0.15, 0.2) is 0 Å². The lowest BCUT2D eigenvalue weighted by Crippen LogP contribution is -2.16. The van der Waals surface area contributed by atoms with Crippen LogP contribution >= 0.6 is 0 Å². The normalized spacial score (nSPS) is 13.8. The standard InChI is InChI=1S/C21H26N4O/c1-15-7-6-8-16(2)20(15)25-21(26)18-13-19(24-14-23-18)22-12-11-17-9-4-3-5-10-17/h6-9,13-14H,3-5,10-12H2,1-2H3,(H,25,26)(H,22,23,24). The molecule has 0 atom stereocenters. The van der Waals surface area contributed by atoms with Crippen molar-refractivity contribution in [1.82, 2.24) is 9.97 Å². The molecule has 1 amide bonds. The molecule has 1 aliphatic rings. The predicted molar refractivity (Wildman–Crippen MR) is 106 cm³/mol. The Hall–Kier alpha value is -2.69. The zero-order valence-electron chi connectivity index (χ0n) is 15.5. The first-order valence-corrected chi connectivity index (χ1v) is 9.25. The van der Waals surface area contributed by atoms with Crippen LogP contribution in [-0.4, -0.2) is 22.4 Å². The number of allylic oxidation sites excluding steroid dienone is 1. The topological polar surface area (TPSA) is 66.9 Å². The second kappa shape index (κ2) is 8.61. The van der Waals surface area contributed by atoms with Gasteiger partial charge in [-0.25, -0.2) is 9.97 Å². The van der Waals surface area contributed by atoms with Crippen molar-refractivity contribution in [3.63, 3.8) is 0 Å². The highest BCUT2D eigenvalue weighted by molar-refractivity contribution is 6.04. The summed E-state index contributed by atoms with van der Waals surface area (Å²) in [4.78, 5) is 20.9. The van der Waals surface area contributed by atoms with Crippen LogP contribution in [0.5, 0.6) is 0 Å². The maximum absolute atomic E-state index is 12.6. The van der Waals surface area contributed by atoms with Gasteiger partial charge in [-0.3, -0.25) is 4.79 Å². The molecule has 0 saturated carbocycles. The molecule has 1 heterocycles. The molecule has 0 fully saturated rings. The number of benzene rings is 1. The molecule has 0 bridgehead atoms. The Morgan fingerprint density at radius 1 is 1.15 bits per heavy atom. The van der Waals surface area contributed by atoms with Crippen molar-refractivity contribution in [2.45, 2.75) is 46.0 Å². The first-order valence-electron chi connectivity index (χ1n) is 9.25. The van der Waals surface area contributed by atoms with Gasteiger partial charge in [-0.15, -0.1) is 0 Å². The summed E-state index contributed by atoms with van der Waals surface area (Å²) in [5.41, 5.74) is 4.79. The molecule has 1 aromatic carbocycles. The number of para-hydroxylation sites is 1. The number of rotatable bonds is 6. The minimum absolute atomic E-state index is 0.220. The van der Waals surface area contributed by atoms with E-state index in [0.717, 1.165) is 29.8 Å². The fourth-order valence-electron chi connectivity index (χ4n) is 3.25. The molecule has 2 aromatic rings. The number of aromatic nitrogens is 2. The number of anilines is 2. The van der Waals surface area contributed by atoms with E-state index >= 15 is 0 Å². The molecule has 136 valence electrons. The summed E-state index contributed by atoms with van der Waals surface area (Å²) in [5.74, 6) is 0.464. The van der Waals surface area contributed by atoms with Gasteiger partial charge in [0.1, 0.15) is 17.8 Å². The minimum Gasteiger partial charge on any atom is -0.370 e. The molecule has 2 N–H and O–H groups in total. The van der Waals surface area contributed by atoms with E-state index < -0.39 is 0 Å². The van der Waals surface area contributed by atoms with Gasteiger partial charge in [0.05, 0.1) is 0 Å². The van der Waals surface area contributed by atoms with Crippen molar-refractivity contribution in [1.29, 1.82) is 0 Å². The molecule has 0 aliphatic heterocycles. The number of nitrogens with zero attached hydrogens (tertiary/aromatic N) is 2. The highest BCUT2D eigenvalue weighted by Crippen LogP contribution is 2.21. The van der Waals surface area contributed by atoms with E-state index in [1.165, 1.54) is 37.6 Å². The molecule has 1 aromatic heterocycles. The fraction of sp³-hybridized carbons (Fsp3) is 0.381. The molecule has 5 heteroatoms. The van der Waals surface area contributed by atoms with E-state index in [9.17, 15) is 4.79 Å². The SMILES string of the molecule is Cc1cccc(C)c1NC(=O)c1cc(NCCC2=CCCCC2)ncn1. The van der Waals surface area contributed by atoms with Gasteiger partial charge in [-0.05, 0) is 57.1 Å². The number of amides is 1. The summed E-state index contributed by atoms with van der Waals surface area (Å²) in [6, 6.07) is 7.65. The van der Waals surface area contributed by atoms with E-state index in [1.807, 2.05) is 32.0 Å². The lowest BCUT2D eigenvalue weighted by atomic mass is 9.97. The Balaban J connectivity index is 1.61. The molecule has 5 nitrogen and oxygen atoms in total. The Morgan fingerprint density at radius 3 is 2.69 bits per heavy atom. The second-order valence-electron chi connectivity index (χ2n) is 6.79. The van der Waals surface area contributed by atoms with Crippen LogP contribution in [-0.2, 0) is 0 Å². The Morgan fingerprint density at radius 2 is 1.96 bits per heavy atom. The van der Waals surface area contributed by atoms with Crippen LogP contribution in [0.2, 0.25) is 0 Å². The molecule has 26 heavy (non-hydrogen) atoms. The van der Waals surface area contributed by atoms with Crippen LogP contribution in [0.25, 0.3) is 0 Å². The minimum atomic E-state index is -0.220. The first kappa shape index (κ1) is 18.1. The van der Waals surface area contributed by atoms with Gasteiger partial charge >= 0.3 is 0 Å². The monoisotopic (exact) mass is 350 g/mol. The van der Waals surface area contributed by atoms with Crippen LogP contribution in [0, 0.1) is 13.8 Å². The summed E-state index contributed by atoms with van der Waals surface area (Å²) >= 11 is 0. The molecular formula is C21H26N4O. The van der Waals surface area contributed by atoms with Crippen molar-refractivity contribution in [3.8, 4) is 0 Å². The molecule has 0 spiro atoms. The summed E-state index contributed by atoms with van der Waals surface area (Å²) < 4.78 is 0. The summed E-state index contributed by atoms with van der Waals surface area (Å²) in [6.07, 6.45) is 9.81. The highest BCUT2D eigenvalue weighted by atomic mass is 16.1. The van der Waals surface area contributed by atoms with Gasteiger partial charge in [0.25, 0.3) is 5.91 Å². The largest absolute Gasteiger partial charge is 0.370 e. The average Bonchev–Trinajstić information content (AvgIpc) is 2.66. The van der Waals surface area contributed by atoms with Crippen molar-refractivity contribution in [2.24, 2.45) is 0 Å². The van der Waals surface area contributed by atoms with E-state index in [-0.39, 0.29) is 5.91 Å². The summed E-state index contributed by atoms with van der Waals surface area (Å²) in [6.45, 7) is 4.78. The van der Waals surface area contributed by atoms with Crippen LogP contribution in [0.15, 0.2) is 42.2 Å². The van der Waals surface area contributed by atoms with Crippen LogP contribution in [0.4, 0.5) is 11.5 Å². The van der Waals surface area contributed by atoms with Crippen LogP contribution in [0.1, 0.15) is 53.7 Å². The highest BCUT2D eigenvalue weighted by Gasteiger charge is 2.12. The molecule has 0 unspecified atom stereocenters. The smallest absolute Gasteiger partial charge is 0.274 e. The quantitative estimate of drug-likeness (QED) is 0.744. The molecule has 0 radical (unpaired) electrons. The van der Waals surface area contributed by atoms with E-state index in [1.54, 1.807) is 6.07 Å². The maximum atomic E-state index is 12.6. The number of carbonyl (C=O) groups is 1. The van der Waals surface area contributed by atoms with Crippen molar-refractivity contribution in [2.75, 3.05) is 17.2 Å². The third-order valence-corrected chi connectivity index (χ3v) is 4.76. The van der Waals surface area contributed by atoms with Gasteiger partial charge in [-0.1, -0.05) is 29.8 Å². The maximum Gasteiger partial charge on any atom is 0.274 e. The average molecular weight is 350 g/mol. The summed E-state index contributed by atoms with van der Waals surface area (Å²) in [5, 5.41) is 6.27.